The number of ether oxygens (including phenoxy) is 1. The van der Waals surface area contributed by atoms with Crippen LogP contribution in [0.15, 0.2) is 54.7 Å². The highest BCUT2D eigenvalue weighted by Gasteiger charge is 2.17. The Hall–Kier alpha value is -3.41. The zero-order valence-electron chi connectivity index (χ0n) is 14.5. The number of para-hydroxylation sites is 1. The molecular formula is C20H18N2O4. The fraction of sp³-hybridized carbons (Fsp3) is 0.150. The second-order valence-corrected chi connectivity index (χ2v) is 5.70. The molecule has 0 aliphatic heterocycles. The summed E-state index contributed by atoms with van der Waals surface area (Å²) in [6, 6.07) is 13.7. The zero-order chi connectivity index (χ0) is 18.7. The van der Waals surface area contributed by atoms with Gasteiger partial charge in [0, 0.05) is 24.2 Å². The Morgan fingerprint density at radius 3 is 2.38 bits per heavy atom. The van der Waals surface area contributed by atoms with Crippen LogP contribution in [-0.2, 0) is 4.74 Å². The number of nitrogens with one attached hydrogen (secondary N) is 1. The fourth-order valence-electron chi connectivity index (χ4n) is 2.72. The van der Waals surface area contributed by atoms with E-state index in [1.54, 1.807) is 43.3 Å². The fourth-order valence-corrected chi connectivity index (χ4v) is 2.72. The lowest BCUT2D eigenvalue weighted by atomic mass is 10.1. The second-order valence-electron chi connectivity index (χ2n) is 5.70. The van der Waals surface area contributed by atoms with Crippen LogP contribution < -0.4 is 5.32 Å². The maximum absolute atomic E-state index is 12.7. The van der Waals surface area contributed by atoms with Crippen LogP contribution in [0.4, 0.5) is 5.69 Å². The number of carbonyl (C=O) groups is 3. The first-order valence-corrected chi connectivity index (χ1v) is 8.21. The van der Waals surface area contributed by atoms with E-state index < -0.39 is 5.97 Å². The van der Waals surface area contributed by atoms with Crippen molar-refractivity contribution in [2.24, 2.45) is 0 Å². The monoisotopic (exact) mass is 350 g/mol. The summed E-state index contributed by atoms with van der Waals surface area (Å²) >= 11 is 0. The first-order chi connectivity index (χ1) is 12.5. The lowest BCUT2D eigenvalue weighted by Gasteiger charge is -2.06. The summed E-state index contributed by atoms with van der Waals surface area (Å²) in [7, 11) is 0. The van der Waals surface area contributed by atoms with Crippen LogP contribution >= 0.6 is 0 Å². The van der Waals surface area contributed by atoms with Crippen molar-refractivity contribution >= 4 is 34.4 Å². The largest absolute Gasteiger partial charge is 0.462 e. The molecule has 1 amide bonds. The van der Waals surface area contributed by atoms with Crippen molar-refractivity contribution in [3.05, 3.63) is 65.9 Å². The molecule has 0 atom stereocenters. The Labute approximate surface area is 150 Å². The topological polar surface area (TPSA) is 77.4 Å². The third kappa shape index (κ3) is 3.35. The maximum atomic E-state index is 12.7. The number of anilines is 1. The van der Waals surface area contributed by atoms with Gasteiger partial charge in [0.25, 0.3) is 5.91 Å². The van der Waals surface area contributed by atoms with Gasteiger partial charge in [0.05, 0.1) is 23.3 Å². The number of hydrogen-bond donors (Lipinski definition) is 1. The highest BCUT2D eigenvalue weighted by atomic mass is 16.5. The average molecular weight is 350 g/mol. The molecule has 0 aliphatic carbocycles. The van der Waals surface area contributed by atoms with Gasteiger partial charge < -0.3 is 10.1 Å². The highest BCUT2D eigenvalue weighted by Crippen LogP contribution is 2.22. The summed E-state index contributed by atoms with van der Waals surface area (Å²) in [5.74, 6) is -0.904. The van der Waals surface area contributed by atoms with Gasteiger partial charge >= 0.3 is 5.97 Å². The van der Waals surface area contributed by atoms with E-state index >= 15 is 0 Å². The van der Waals surface area contributed by atoms with Gasteiger partial charge in [-0.05, 0) is 37.3 Å². The summed E-state index contributed by atoms with van der Waals surface area (Å²) in [5.41, 5.74) is 2.05. The summed E-state index contributed by atoms with van der Waals surface area (Å²) in [5, 5.41) is 3.48. The van der Waals surface area contributed by atoms with Gasteiger partial charge in [-0.3, -0.25) is 14.2 Å². The molecule has 0 radical (unpaired) electrons. The van der Waals surface area contributed by atoms with Crippen molar-refractivity contribution < 1.29 is 19.1 Å². The van der Waals surface area contributed by atoms with Crippen LogP contribution in [0.2, 0.25) is 0 Å². The van der Waals surface area contributed by atoms with Crippen molar-refractivity contribution in [2.45, 2.75) is 13.8 Å². The van der Waals surface area contributed by atoms with Crippen molar-refractivity contribution in [1.29, 1.82) is 0 Å². The second kappa shape index (κ2) is 7.23. The lowest BCUT2D eigenvalue weighted by molar-refractivity contribution is 0.0526. The molecule has 6 nitrogen and oxygen atoms in total. The van der Waals surface area contributed by atoms with Crippen molar-refractivity contribution in [1.82, 2.24) is 4.57 Å². The lowest BCUT2D eigenvalue weighted by Crippen LogP contribution is -2.12. The molecule has 1 heterocycles. The van der Waals surface area contributed by atoms with Gasteiger partial charge in [-0.1, -0.05) is 18.2 Å². The minimum absolute atomic E-state index is 0.168. The number of rotatable bonds is 4. The molecule has 0 fully saturated rings. The van der Waals surface area contributed by atoms with Gasteiger partial charge in [0.15, 0.2) is 0 Å². The maximum Gasteiger partial charge on any atom is 0.338 e. The van der Waals surface area contributed by atoms with E-state index in [0.717, 1.165) is 0 Å². The number of hydrogen-bond acceptors (Lipinski definition) is 4. The molecule has 2 aromatic carbocycles. The molecule has 0 aliphatic rings. The SMILES string of the molecule is CCOC(=O)c1ccc(NC(=O)c2cn(C(C)=O)c3ccccc23)cc1. The first-order valence-electron chi connectivity index (χ1n) is 8.21. The Bertz CT molecular complexity index is 987. The molecule has 0 spiro atoms. The molecular weight excluding hydrogens is 332 g/mol. The normalized spacial score (nSPS) is 10.5. The number of amides is 1. The van der Waals surface area contributed by atoms with E-state index in [9.17, 15) is 14.4 Å². The van der Waals surface area contributed by atoms with E-state index in [1.165, 1.54) is 17.7 Å². The number of nitrogens with zero attached hydrogens (tertiary/aromatic N) is 1. The van der Waals surface area contributed by atoms with Crippen LogP contribution in [-0.4, -0.2) is 29.0 Å². The summed E-state index contributed by atoms with van der Waals surface area (Å²) < 4.78 is 6.38. The van der Waals surface area contributed by atoms with Crippen LogP contribution in [0.3, 0.4) is 0 Å². The Kier molecular flexibility index (Phi) is 4.84. The van der Waals surface area contributed by atoms with Crippen LogP contribution in [0.25, 0.3) is 10.9 Å². The number of esters is 1. The molecule has 1 N–H and O–H groups in total. The van der Waals surface area contributed by atoms with Gasteiger partial charge in [-0.15, -0.1) is 0 Å². The van der Waals surface area contributed by atoms with Gasteiger partial charge in [0.2, 0.25) is 5.91 Å². The Morgan fingerprint density at radius 1 is 1.04 bits per heavy atom. The highest BCUT2D eigenvalue weighted by molar-refractivity contribution is 6.14. The molecule has 26 heavy (non-hydrogen) atoms. The molecule has 3 rings (SSSR count). The molecule has 6 heteroatoms. The summed E-state index contributed by atoms with van der Waals surface area (Å²) in [4.78, 5) is 36.1. The van der Waals surface area contributed by atoms with Crippen molar-refractivity contribution in [3.8, 4) is 0 Å². The first kappa shape index (κ1) is 17.4. The average Bonchev–Trinajstić information content (AvgIpc) is 3.02. The van der Waals surface area contributed by atoms with Gasteiger partial charge in [0.1, 0.15) is 0 Å². The third-order valence-corrected chi connectivity index (χ3v) is 3.95. The Balaban J connectivity index is 1.86. The van der Waals surface area contributed by atoms with Gasteiger partial charge in [-0.25, -0.2) is 4.79 Å². The third-order valence-electron chi connectivity index (χ3n) is 3.95. The minimum atomic E-state index is -0.407. The zero-order valence-corrected chi connectivity index (χ0v) is 14.5. The molecule has 0 saturated carbocycles. The number of benzene rings is 2. The van der Waals surface area contributed by atoms with E-state index in [-0.39, 0.29) is 11.8 Å². The molecule has 1 aromatic heterocycles. The predicted molar refractivity (Wildman–Crippen MR) is 98.6 cm³/mol. The van der Waals surface area contributed by atoms with Crippen LogP contribution in [0, 0.1) is 0 Å². The number of fused-ring (bicyclic) bond motifs is 1. The summed E-state index contributed by atoms with van der Waals surface area (Å²) in [6.07, 6.45) is 1.54. The molecule has 132 valence electrons. The van der Waals surface area contributed by atoms with E-state index in [0.29, 0.717) is 34.3 Å². The van der Waals surface area contributed by atoms with Crippen molar-refractivity contribution in [2.75, 3.05) is 11.9 Å². The molecule has 0 bridgehead atoms. The Morgan fingerprint density at radius 2 is 1.73 bits per heavy atom. The standard InChI is InChI=1S/C20H18N2O4/c1-3-26-20(25)14-8-10-15(11-9-14)21-19(24)17-12-22(13(2)23)18-7-5-4-6-16(17)18/h4-12H,3H2,1-2H3,(H,21,24). The smallest absolute Gasteiger partial charge is 0.338 e. The van der Waals surface area contributed by atoms with E-state index in [4.69, 9.17) is 4.74 Å². The molecule has 0 saturated heterocycles. The van der Waals surface area contributed by atoms with Gasteiger partial charge in [-0.2, -0.15) is 0 Å². The summed E-state index contributed by atoms with van der Waals surface area (Å²) in [6.45, 7) is 3.49. The van der Waals surface area contributed by atoms with Crippen LogP contribution in [0.1, 0.15) is 39.4 Å². The number of aromatic nitrogens is 1. The van der Waals surface area contributed by atoms with Crippen LogP contribution in [0.5, 0.6) is 0 Å². The van der Waals surface area contributed by atoms with E-state index in [2.05, 4.69) is 5.32 Å². The quantitative estimate of drug-likeness (QED) is 0.727. The van der Waals surface area contributed by atoms with Crippen molar-refractivity contribution in [3.63, 3.8) is 0 Å². The predicted octanol–water partition coefficient (Wildman–Crippen LogP) is 3.73. The number of carbonyl (C=O) groups excluding carboxylic acids is 3. The van der Waals surface area contributed by atoms with E-state index in [1.807, 2.05) is 12.1 Å². The molecule has 3 aromatic rings. The molecule has 0 unspecified atom stereocenters. The minimum Gasteiger partial charge on any atom is -0.462 e.